The Morgan fingerprint density at radius 2 is 1.75 bits per heavy atom. The normalized spacial score (nSPS) is 12.9. The van der Waals surface area contributed by atoms with Crippen LogP contribution in [0.4, 0.5) is 0 Å². The summed E-state index contributed by atoms with van der Waals surface area (Å²) in [6.45, 7) is 4.16. The quantitative estimate of drug-likeness (QED) is 0.661. The molecule has 0 aliphatic rings. The highest BCUT2D eigenvalue weighted by Gasteiger charge is 2.12. The summed E-state index contributed by atoms with van der Waals surface area (Å²) in [6.07, 6.45) is 0. The van der Waals surface area contributed by atoms with Crippen LogP contribution in [0.1, 0.15) is 25.5 Å². The largest absolute Gasteiger partial charge is 0.209 e. The van der Waals surface area contributed by atoms with Crippen LogP contribution in [0.3, 0.4) is 0 Å². The first-order chi connectivity index (χ1) is 5.75. The van der Waals surface area contributed by atoms with Gasteiger partial charge in [-0.3, -0.25) is 0 Å². The van der Waals surface area contributed by atoms with Gasteiger partial charge in [0.2, 0.25) is 0 Å². The number of nitrogens with one attached hydrogen (secondary N) is 1. The van der Waals surface area contributed by atoms with Gasteiger partial charge in [0.15, 0.2) is 0 Å². The molecule has 1 N–H and O–H groups in total. The van der Waals surface area contributed by atoms with Crippen molar-refractivity contribution in [3.63, 3.8) is 0 Å². The topological polar surface area (TPSA) is 36.2 Å². The fraction of sp³-hybridized carbons (Fsp3) is 0.400. The molecule has 1 aromatic rings. The lowest BCUT2D eigenvalue weighted by Crippen LogP contribution is -2.02. The molecule has 0 radical (unpaired) electrons. The van der Waals surface area contributed by atoms with Crippen molar-refractivity contribution in [2.45, 2.75) is 19.9 Å². The molecule has 0 saturated carbocycles. The third kappa shape index (κ3) is 1.91. The summed E-state index contributed by atoms with van der Waals surface area (Å²) in [5, 5.41) is 3.61. The van der Waals surface area contributed by atoms with Crippen LogP contribution >= 0.6 is 0 Å². The molecule has 1 rings (SSSR count). The van der Waals surface area contributed by atoms with Crippen LogP contribution in [0.2, 0.25) is 0 Å². The minimum atomic E-state index is 0.0196. The highest BCUT2D eigenvalue weighted by atomic mass is 15.0. The van der Waals surface area contributed by atoms with Gasteiger partial charge in [-0.2, -0.15) is 5.11 Å². The fourth-order valence-electron chi connectivity index (χ4n) is 1.26. The number of nitrogens with zero attached hydrogens (tertiary/aromatic N) is 1. The zero-order valence-electron chi connectivity index (χ0n) is 7.49. The van der Waals surface area contributed by atoms with E-state index in [1.807, 2.05) is 30.3 Å². The molecule has 2 heteroatoms. The molecule has 0 aliphatic heterocycles. The molecule has 0 spiro atoms. The monoisotopic (exact) mass is 162 g/mol. The molecular formula is C10H14N2. The third-order valence-corrected chi connectivity index (χ3v) is 1.91. The number of rotatable bonds is 3. The molecule has 0 aromatic heterocycles. The Labute approximate surface area is 73.1 Å². The van der Waals surface area contributed by atoms with Crippen molar-refractivity contribution in [2.75, 3.05) is 0 Å². The van der Waals surface area contributed by atoms with Gasteiger partial charge in [-0.15, -0.1) is 0 Å². The second-order valence-electron chi connectivity index (χ2n) is 3.23. The van der Waals surface area contributed by atoms with Crippen LogP contribution in [0.5, 0.6) is 0 Å². The molecule has 12 heavy (non-hydrogen) atoms. The number of benzene rings is 1. The standard InChI is InChI=1S/C10H14N2/c1-8(2)10(12-11)9-6-4-3-5-7-9/h3-8,10-11H,1-2H3. The molecule has 1 aromatic carbocycles. The van der Waals surface area contributed by atoms with E-state index in [1.165, 1.54) is 0 Å². The van der Waals surface area contributed by atoms with E-state index in [0.29, 0.717) is 5.92 Å². The second-order valence-corrected chi connectivity index (χ2v) is 3.23. The summed E-state index contributed by atoms with van der Waals surface area (Å²) in [4.78, 5) is 0. The number of hydrogen-bond donors (Lipinski definition) is 1. The molecule has 0 heterocycles. The van der Waals surface area contributed by atoms with Crippen LogP contribution < -0.4 is 0 Å². The molecule has 2 nitrogen and oxygen atoms in total. The summed E-state index contributed by atoms with van der Waals surface area (Å²) in [6, 6.07) is 9.99. The van der Waals surface area contributed by atoms with Crippen molar-refractivity contribution < 1.29 is 0 Å². The molecule has 0 amide bonds. The van der Waals surface area contributed by atoms with Gasteiger partial charge < -0.3 is 0 Å². The van der Waals surface area contributed by atoms with Crippen molar-refractivity contribution in [3.8, 4) is 0 Å². The van der Waals surface area contributed by atoms with Gasteiger partial charge in [0.1, 0.15) is 0 Å². The molecular weight excluding hydrogens is 148 g/mol. The first kappa shape index (κ1) is 8.91. The van der Waals surface area contributed by atoms with Crippen molar-refractivity contribution in [1.29, 1.82) is 5.53 Å². The van der Waals surface area contributed by atoms with Gasteiger partial charge in [0.25, 0.3) is 0 Å². The van der Waals surface area contributed by atoms with Gasteiger partial charge in [-0.25, -0.2) is 5.53 Å². The predicted molar refractivity (Wildman–Crippen MR) is 49.2 cm³/mol. The number of hydrogen-bond acceptors (Lipinski definition) is 2. The maximum absolute atomic E-state index is 7.05. The van der Waals surface area contributed by atoms with E-state index in [9.17, 15) is 0 Å². The van der Waals surface area contributed by atoms with Gasteiger partial charge in [-0.1, -0.05) is 44.2 Å². The van der Waals surface area contributed by atoms with Crippen molar-refractivity contribution >= 4 is 0 Å². The smallest absolute Gasteiger partial charge is 0.0977 e. The van der Waals surface area contributed by atoms with Gasteiger partial charge in [0, 0.05) is 0 Å². The van der Waals surface area contributed by atoms with Crippen LogP contribution in [0.15, 0.2) is 35.4 Å². The van der Waals surface area contributed by atoms with Crippen LogP contribution in [0.25, 0.3) is 0 Å². The molecule has 1 atom stereocenters. The highest BCUT2D eigenvalue weighted by molar-refractivity contribution is 5.19. The average Bonchev–Trinajstić information content (AvgIpc) is 2.07. The Morgan fingerprint density at radius 3 is 2.17 bits per heavy atom. The Kier molecular flexibility index (Phi) is 2.97. The SMILES string of the molecule is CC(C)C(N=N)c1ccccc1. The molecule has 0 fully saturated rings. The first-order valence-corrected chi connectivity index (χ1v) is 4.17. The Morgan fingerprint density at radius 1 is 1.17 bits per heavy atom. The lowest BCUT2D eigenvalue weighted by atomic mass is 9.97. The Balaban J connectivity index is 2.88. The van der Waals surface area contributed by atoms with Crippen molar-refractivity contribution in [2.24, 2.45) is 11.0 Å². The highest BCUT2D eigenvalue weighted by Crippen LogP contribution is 2.24. The van der Waals surface area contributed by atoms with E-state index in [1.54, 1.807) is 0 Å². The minimum Gasteiger partial charge on any atom is -0.209 e. The van der Waals surface area contributed by atoms with Crippen molar-refractivity contribution in [1.82, 2.24) is 0 Å². The summed E-state index contributed by atoms with van der Waals surface area (Å²) < 4.78 is 0. The Hall–Kier alpha value is -1.18. The molecule has 0 saturated heterocycles. The third-order valence-electron chi connectivity index (χ3n) is 1.91. The lowest BCUT2D eigenvalue weighted by molar-refractivity contribution is 0.489. The zero-order chi connectivity index (χ0) is 8.97. The molecule has 1 unspecified atom stereocenters. The van der Waals surface area contributed by atoms with Crippen LogP contribution in [0, 0.1) is 11.4 Å². The van der Waals surface area contributed by atoms with Gasteiger partial charge >= 0.3 is 0 Å². The van der Waals surface area contributed by atoms with Crippen molar-refractivity contribution in [3.05, 3.63) is 35.9 Å². The maximum Gasteiger partial charge on any atom is 0.0977 e. The predicted octanol–water partition coefficient (Wildman–Crippen LogP) is 3.41. The summed E-state index contributed by atoms with van der Waals surface area (Å²) >= 11 is 0. The fourth-order valence-corrected chi connectivity index (χ4v) is 1.26. The second kappa shape index (κ2) is 4.00. The van der Waals surface area contributed by atoms with E-state index in [4.69, 9.17) is 5.53 Å². The van der Waals surface area contributed by atoms with Crippen LogP contribution in [-0.2, 0) is 0 Å². The van der Waals surface area contributed by atoms with Gasteiger partial charge in [0.05, 0.1) is 6.04 Å². The minimum absolute atomic E-state index is 0.0196. The van der Waals surface area contributed by atoms with Crippen LogP contribution in [-0.4, -0.2) is 0 Å². The van der Waals surface area contributed by atoms with E-state index >= 15 is 0 Å². The molecule has 64 valence electrons. The van der Waals surface area contributed by atoms with E-state index in [-0.39, 0.29) is 6.04 Å². The summed E-state index contributed by atoms with van der Waals surface area (Å²) in [5.41, 5.74) is 8.18. The average molecular weight is 162 g/mol. The Bertz CT molecular complexity index is 241. The summed E-state index contributed by atoms with van der Waals surface area (Å²) in [5.74, 6) is 0.393. The van der Waals surface area contributed by atoms with E-state index in [0.717, 1.165) is 5.56 Å². The van der Waals surface area contributed by atoms with E-state index in [2.05, 4.69) is 19.0 Å². The summed E-state index contributed by atoms with van der Waals surface area (Å²) in [7, 11) is 0. The molecule has 0 aliphatic carbocycles. The molecule has 0 bridgehead atoms. The lowest BCUT2D eigenvalue weighted by Gasteiger charge is -2.14. The van der Waals surface area contributed by atoms with Gasteiger partial charge in [-0.05, 0) is 11.5 Å². The first-order valence-electron chi connectivity index (χ1n) is 4.17. The zero-order valence-corrected chi connectivity index (χ0v) is 7.49. The van der Waals surface area contributed by atoms with E-state index < -0.39 is 0 Å². The maximum atomic E-state index is 7.05.